The summed E-state index contributed by atoms with van der Waals surface area (Å²) in [5, 5.41) is 3.60. The van der Waals surface area contributed by atoms with Gasteiger partial charge in [-0.1, -0.05) is 23.7 Å². The first kappa shape index (κ1) is 12.2. The Morgan fingerprint density at radius 2 is 2.19 bits per heavy atom. The van der Waals surface area contributed by atoms with Crippen molar-refractivity contribution in [3.05, 3.63) is 34.6 Å². The smallest absolute Gasteiger partial charge is 0.142 e. The maximum Gasteiger partial charge on any atom is 0.142 e. The van der Waals surface area contributed by atoms with Gasteiger partial charge in [-0.3, -0.25) is 0 Å². The van der Waals surface area contributed by atoms with Crippen LogP contribution in [0.25, 0.3) is 0 Å². The molecule has 1 aliphatic rings. The van der Waals surface area contributed by atoms with E-state index in [9.17, 15) is 4.39 Å². The fraction of sp³-hybridized carbons (Fsp3) is 0.500. The van der Waals surface area contributed by atoms with Gasteiger partial charge in [0.2, 0.25) is 0 Å². The van der Waals surface area contributed by atoms with Gasteiger partial charge in [0.25, 0.3) is 0 Å². The highest BCUT2D eigenvalue weighted by atomic mass is 35.5. The summed E-state index contributed by atoms with van der Waals surface area (Å²) in [5.74, 6) is 0.294. The lowest BCUT2D eigenvalue weighted by Crippen LogP contribution is -2.24. The van der Waals surface area contributed by atoms with Crippen molar-refractivity contribution < 1.29 is 4.39 Å². The molecule has 0 radical (unpaired) electrons. The van der Waals surface area contributed by atoms with Crippen LogP contribution in [0.5, 0.6) is 0 Å². The number of benzene rings is 1. The predicted octanol–water partition coefficient (Wildman–Crippen LogP) is 3.59. The molecule has 1 aromatic rings. The van der Waals surface area contributed by atoms with Crippen LogP contribution in [0.4, 0.5) is 4.39 Å². The lowest BCUT2D eigenvalue weighted by Gasteiger charge is -2.10. The topological polar surface area (TPSA) is 12.0 Å². The molecule has 1 fully saturated rings. The molecule has 1 atom stereocenters. The molecule has 2 rings (SSSR count). The van der Waals surface area contributed by atoms with Gasteiger partial charge in [0.05, 0.1) is 5.02 Å². The van der Waals surface area contributed by atoms with E-state index in [1.165, 1.54) is 18.9 Å². The second-order valence-corrected chi connectivity index (χ2v) is 5.14. The molecular weight excluding hydrogens is 248 g/mol. The third-order valence-corrected chi connectivity index (χ3v) is 3.75. The Kier molecular flexibility index (Phi) is 4.06. The molecule has 0 aromatic heterocycles. The standard InChI is InChI=1S/C12H14Cl2FN/c13-10(8-4-5-8)7-16-6-9-2-1-3-11(15)12(9)14/h1-3,8,10,16H,4-7H2. The van der Waals surface area contributed by atoms with E-state index in [1.54, 1.807) is 6.07 Å². The Balaban J connectivity index is 1.82. The second kappa shape index (κ2) is 5.35. The van der Waals surface area contributed by atoms with Crippen LogP contribution in [0.1, 0.15) is 18.4 Å². The summed E-state index contributed by atoms with van der Waals surface area (Å²) in [5.41, 5.74) is 0.779. The van der Waals surface area contributed by atoms with Crippen molar-refractivity contribution in [2.75, 3.05) is 6.54 Å². The van der Waals surface area contributed by atoms with Gasteiger partial charge in [0, 0.05) is 18.5 Å². The monoisotopic (exact) mass is 261 g/mol. The zero-order valence-electron chi connectivity index (χ0n) is 8.85. The van der Waals surface area contributed by atoms with E-state index >= 15 is 0 Å². The summed E-state index contributed by atoms with van der Waals surface area (Å²) < 4.78 is 13.1. The molecule has 0 heterocycles. The molecule has 1 aliphatic carbocycles. The molecule has 0 amide bonds. The quantitative estimate of drug-likeness (QED) is 0.799. The van der Waals surface area contributed by atoms with Crippen molar-refractivity contribution in [1.82, 2.24) is 5.32 Å². The molecular formula is C12H14Cl2FN. The van der Waals surface area contributed by atoms with Crippen LogP contribution in [0, 0.1) is 11.7 Å². The van der Waals surface area contributed by atoms with Crippen LogP contribution < -0.4 is 5.32 Å². The maximum atomic E-state index is 13.1. The third-order valence-electron chi connectivity index (χ3n) is 2.82. The van der Waals surface area contributed by atoms with Crippen molar-refractivity contribution in [3.63, 3.8) is 0 Å². The SMILES string of the molecule is Fc1cccc(CNCC(Cl)C2CC2)c1Cl. The number of nitrogens with one attached hydrogen (secondary N) is 1. The lowest BCUT2D eigenvalue weighted by atomic mass is 10.2. The summed E-state index contributed by atoms with van der Waals surface area (Å²) in [6.07, 6.45) is 2.47. The maximum absolute atomic E-state index is 13.1. The van der Waals surface area contributed by atoms with Gasteiger partial charge >= 0.3 is 0 Å². The Morgan fingerprint density at radius 3 is 2.88 bits per heavy atom. The lowest BCUT2D eigenvalue weighted by molar-refractivity contribution is 0.606. The van der Waals surface area contributed by atoms with Gasteiger partial charge in [-0.05, 0) is 30.4 Å². The fourth-order valence-electron chi connectivity index (χ4n) is 1.65. The molecule has 0 spiro atoms. The molecule has 88 valence electrons. The zero-order chi connectivity index (χ0) is 11.5. The van der Waals surface area contributed by atoms with E-state index < -0.39 is 0 Å². The van der Waals surface area contributed by atoms with Gasteiger partial charge in [-0.25, -0.2) is 4.39 Å². The van der Waals surface area contributed by atoms with E-state index in [1.807, 2.05) is 6.07 Å². The summed E-state index contributed by atoms with van der Waals surface area (Å²) in [6.45, 7) is 1.31. The van der Waals surface area contributed by atoms with Crippen molar-refractivity contribution in [2.24, 2.45) is 5.92 Å². The van der Waals surface area contributed by atoms with Crippen molar-refractivity contribution >= 4 is 23.2 Å². The van der Waals surface area contributed by atoms with Crippen LogP contribution in [0.3, 0.4) is 0 Å². The Labute approximate surface area is 105 Å². The first-order valence-corrected chi connectivity index (χ1v) is 6.27. The van der Waals surface area contributed by atoms with Crippen LogP contribution in [0.2, 0.25) is 5.02 Å². The predicted molar refractivity (Wildman–Crippen MR) is 65.5 cm³/mol. The number of alkyl halides is 1. The fourth-order valence-corrected chi connectivity index (χ4v) is 2.21. The molecule has 1 aromatic carbocycles. The molecule has 1 nitrogen and oxygen atoms in total. The zero-order valence-corrected chi connectivity index (χ0v) is 10.4. The third kappa shape index (κ3) is 3.09. The van der Waals surface area contributed by atoms with E-state index in [0.29, 0.717) is 12.5 Å². The van der Waals surface area contributed by atoms with Crippen LogP contribution in [0.15, 0.2) is 18.2 Å². The minimum atomic E-state index is -0.370. The van der Waals surface area contributed by atoms with Crippen molar-refractivity contribution in [3.8, 4) is 0 Å². The first-order chi connectivity index (χ1) is 7.68. The van der Waals surface area contributed by atoms with E-state index in [-0.39, 0.29) is 16.2 Å². The highest BCUT2D eigenvalue weighted by molar-refractivity contribution is 6.31. The minimum Gasteiger partial charge on any atom is -0.311 e. The molecule has 0 aliphatic heterocycles. The highest BCUT2D eigenvalue weighted by Gasteiger charge is 2.29. The Morgan fingerprint density at radius 1 is 1.44 bits per heavy atom. The summed E-state index contributed by atoms with van der Waals surface area (Å²) in [7, 11) is 0. The number of hydrogen-bond donors (Lipinski definition) is 1. The van der Waals surface area contributed by atoms with Crippen molar-refractivity contribution in [2.45, 2.75) is 24.8 Å². The number of rotatable bonds is 5. The minimum absolute atomic E-state index is 0.187. The molecule has 0 saturated heterocycles. The largest absolute Gasteiger partial charge is 0.311 e. The van der Waals surface area contributed by atoms with Crippen LogP contribution in [-0.4, -0.2) is 11.9 Å². The van der Waals surface area contributed by atoms with E-state index in [2.05, 4.69) is 5.32 Å². The van der Waals surface area contributed by atoms with Gasteiger partial charge < -0.3 is 5.32 Å². The molecule has 1 saturated carbocycles. The van der Waals surface area contributed by atoms with E-state index in [0.717, 1.165) is 12.1 Å². The van der Waals surface area contributed by atoms with E-state index in [4.69, 9.17) is 23.2 Å². The van der Waals surface area contributed by atoms with Crippen LogP contribution >= 0.6 is 23.2 Å². The highest BCUT2D eigenvalue weighted by Crippen LogP contribution is 2.35. The van der Waals surface area contributed by atoms with Gasteiger partial charge in [-0.15, -0.1) is 11.6 Å². The Bertz CT molecular complexity index is 366. The molecule has 0 bridgehead atoms. The van der Waals surface area contributed by atoms with Crippen molar-refractivity contribution in [1.29, 1.82) is 0 Å². The molecule has 1 N–H and O–H groups in total. The first-order valence-electron chi connectivity index (χ1n) is 5.46. The average Bonchev–Trinajstić information content (AvgIpc) is 3.07. The molecule has 1 unspecified atom stereocenters. The summed E-state index contributed by atoms with van der Waals surface area (Å²) in [4.78, 5) is 0. The molecule has 16 heavy (non-hydrogen) atoms. The second-order valence-electron chi connectivity index (χ2n) is 4.20. The average molecular weight is 262 g/mol. The van der Waals surface area contributed by atoms with Gasteiger partial charge in [0.15, 0.2) is 0 Å². The summed E-state index contributed by atoms with van der Waals surface area (Å²) in [6, 6.07) is 4.84. The number of hydrogen-bond acceptors (Lipinski definition) is 1. The van der Waals surface area contributed by atoms with Gasteiger partial charge in [0.1, 0.15) is 5.82 Å². The van der Waals surface area contributed by atoms with Crippen LogP contribution in [-0.2, 0) is 6.54 Å². The summed E-state index contributed by atoms with van der Waals surface area (Å²) >= 11 is 12.0. The normalized spacial score (nSPS) is 17.4. The van der Waals surface area contributed by atoms with Gasteiger partial charge in [-0.2, -0.15) is 0 Å². The Hall–Kier alpha value is -0.310. The number of halogens is 3. The molecule has 4 heteroatoms.